The maximum atomic E-state index is 5.25. The van der Waals surface area contributed by atoms with Crippen LogP contribution in [0.1, 0.15) is 5.82 Å². The van der Waals surface area contributed by atoms with Crippen molar-refractivity contribution < 1.29 is 0 Å². The molecule has 0 saturated carbocycles. The molecule has 0 unspecified atom stereocenters. The second kappa shape index (κ2) is 3.87. The molecule has 2 N–H and O–H groups in total. The molecule has 1 aromatic heterocycles. The summed E-state index contributed by atoms with van der Waals surface area (Å²) < 4.78 is 0. The molecule has 0 radical (unpaired) electrons. The average molecular weight is 185 g/mol. The van der Waals surface area contributed by atoms with Gasteiger partial charge in [0.1, 0.15) is 5.82 Å². The highest BCUT2D eigenvalue weighted by Crippen LogP contribution is 2.09. The van der Waals surface area contributed by atoms with Crippen molar-refractivity contribution in [3.05, 3.63) is 48.6 Å². The van der Waals surface area contributed by atoms with Gasteiger partial charge < -0.3 is 5.73 Å². The van der Waals surface area contributed by atoms with E-state index in [4.69, 9.17) is 5.73 Å². The standard InChI is InChI=1S/C11H11N3/c12-7-3-6-11-13-8-9-4-1-2-5-10(9)14-11/h1-5,7-8H,6,12H2. The molecule has 2 rings (SSSR count). The summed E-state index contributed by atoms with van der Waals surface area (Å²) in [4.78, 5) is 8.62. The van der Waals surface area contributed by atoms with Crippen LogP contribution in [0, 0.1) is 0 Å². The normalized spacial score (nSPS) is 11.1. The largest absolute Gasteiger partial charge is 0.405 e. The maximum Gasteiger partial charge on any atom is 0.132 e. The highest BCUT2D eigenvalue weighted by atomic mass is 14.9. The Bertz CT molecular complexity index is 463. The number of benzene rings is 1. The molecule has 1 heterocycles. The van der Waals surface area contributed by atoms with E-state index in [1.54, 1.807) is 0 Å². The third kappa shape index (κ3) is 1.71. The molecule has 0 saturated heterocycles. The molecule has 70 valence electrons. The number of fused-ring (bicyclic) bond motifs is 1. The van der Waals surface area contributed by atoms with E-state index < -0.39 is 0 Å². The van der Waals surface area contributed by atoms with Crippen LogP contribution < -0.4 is 5.73 Å². The van der Waals surface area contributed by atoms with E-state index in [0.717, 1.165) is 16.7 Å². The molecule has 0 bridgehead atoms. The zero-order valence-electron chi connectivity index (χ0n) is 7.72. The summed E-state index contributed by atoms with van der Waals surface area (Å²) in [5.41, 5.74) is 6.23. The predicted molar refractivity (Wildman–Crippen MR) is 56.6 cm³/mol. The Hall–Kier alpha value is -1.90. The highest BCUT2D eigenvalue weighted by molar-refractivity contribution is 5.77. The molecule has 0 aliphatic rings. The first kappa shape index (κ1) is 8.69. The summed E-state index contributed by atoms with van der Waals surface area (Å²) in [6.45, 7) is 0. The monoisotopic (exact) mass is 185 g/mol. The van der Waals surface area contributed by atoms with Gasteiger partial charge in [-0.3, -0.25) is 0 Å². The van der Waals surface area contributed by atoms with Gasteiger partial charge in [-0.2, -0.15) is 0 Å². The van der Waals surface area contributed by atoms with Gasteiger partial charge in [-0.05, 0) is 12.3 Å². The molecule has 0 amide bonds. The van der Waals surface area contributed by atoms with Crippen molar-refractivity contribution in [3.63, 3.8) is 0 Å². The van der Waals surface area contributed by atoms with Crippen LogP contribution in [0.4, 0.5) is 0 Å². The molecule has 2 aromatic rings. The van der Waals surface area contributed by atoms with Crippen LogP contribution in [0.2, 0.25) is 0 Å². The fourth-order valence-corrected chi connectivity index (χ4v) is 1.28. The van der Waals surface area contributed by atoms with E-state index in [0.29, 0.717) is 6.42 Å². The first-order valence-electron chi connectivity index (χ1n) is 4.47. The van der Waals surface area contributed by atoms with Crippen molar-refractivity contribution in [2.24, 2.45) is 5.73 Å². The number of aromatic nitrogens is 2. The number of para-hydroxylation sites is 1. The van der Waals surface area contributed by atoms with Gasteiger partial charge in [-0.25, -0.2) is 9.97 Å². The molecule has 0 aliphatic heterocycles. The smallest absolute Gasteiger partial charge is 0.132 e. The number of nitrogens with zero attached hydrogens (tertiary/aromatic N) is 2. The molecular weight excluding hydrogens is 174 g/mol. The maximum absolute atomic E-state index is 5.25. The zero-order chi connectivity index (χ0) is 9.80. The van der Waals surface area contributed by atoms with Crippen molar-refractivity contribution in [2.45, 2.75) is 6.42 Å². The second-order valence-electron chi connectivity index (χ2n) is 2.98. The van der Waals surface area contributed by atoms with Gasteiger partial charge in [0.2, 0.25) is 0 Å². The number of hydrogen-bond acceptors (Lipinski definition) is 3. The Labute approximate surface area is 82.3 Å². The van der Waals surface area contributed by atoms with Gasteiger partial charge in [0.15, 0.2) is 0 Å². The van der Waals surface area contributed by atoms with E-state index >= 15 is 0 Å². The van der Waals surface area contributed by atoms with Crippen LogP contribution in [0.5, 0.6) is 0 Å². The topological polar surface area (TPSA) is 51.8 Å². The summed E-state index contributed by atoms with van der Waals surface area (Å²) in [5, 5.41) is 1.06. The summed E-state index contributed by atoms with van der Waals surface area (Å²) in [6, 6.07) is 7.92. The predicted octanol–water partition coefficient (Wildman–Crippen LogP) is 1.64. The fraction of sp³-hybridized carbons (Fsp3) is 0.0909. The minimum Gasteiger partial charge on any atom is -0.405 e. The van der Waals surface area contributed by atoms with Gasteiger partial charge in [0.25, 0.3) is 0 Å². The van der Waals surface area contributed by atoms with Crippen molar-refractivity contribution in [1.82, 2.24) is 9.97 Å². The van der Waals surface area contributed by atoms with Crippen LogP contribution in [0.25, 0.3) is 10.9 Å². The second-order valence-corrected chi connectivity index (χ2v) is 2.98. The van der Waals surface area contributed by atoms with Crippen molar-refractivity contribution in [3.8, 4) is 0 Å². The minimum atomic E-state index is 0.682. The van der Waals surface area contributed by atoms with E-state index in [9.17, 15) is 0 Å². The molecule has 0 atom stereocenters. The van der Waals surface area contributed by atoms with Crippen molar-refractivity contribution in [1.29, 1.82) is 0 Å². The molecule has 3 heteroatoms. The molecule has 0 spiro atoms. The first-order valence-corrected chi connectivity index (χ1v) is 4.47. The molecule has 3 nitrogen and oxygen atoms in total. The summed E-state index contributed by atoms with van der Waals surface area (Å²) in [7, 11) is 0. The summed E-state index contributed by atoms with van der Waals surface area (Å²) in [5.74, 6) is 0.797. The lowest BCUT2D eigenvalue weighted by atomic mass is 10.2. The molecule has 0 fully saturated rings. The van der Waals surface area contributed by atoms with E-state index in [1.807, 2.05) is 36.5 Å². The molecule has 14 heavy (non-hydrogen) atoms. The highest BCUT2D eigenvalue weighted by Gasteiger charge is 1.96. The van der Waals surface area contributed by atoms with E-state index in [1.165, 1.54) is 6.20 Å². The quantitative estimate of drug-likeness (QED) is 0.773. The lowest BCUT2D eigenvalue weighted by molar-refractivity contribution is 1.02. The van der Waals surface area contributed by atoms with Gasteiger partial charge >= 0.3 is 0 Å². The Kier molecular flexibility index (Phi) is 2.40. The van der Waals surface area contributed by atoms with Crippen LogP contribution in [0.3, 0.4) is 0 Å². The van der Waals surface area contributed by atoms with Crippen LogP contribution in [0.15, 0.2) is 42.7 Å². The summed E-state index contributed by atoms with van der Waals surface area (Å²) in [6.07, 6.45) is 5.87. The van der Waals surface area contributed by atoms with Crippen molar-refractivity contribution >= 4 is 10.9 Å². The molecule has 0 aliphatic carbocycles. The third-order valence-corrected chi connectivity index (χ3v) is 1.98. The fourth-order valence-electron chi connectivity index (χ4n) is 1.28. The van der Waals surface area contributed by atoms with Crippen LogP contribution in [-0.2, 0) is 6.42 Å². The Morgan fingerprint density at radius 2 is 2.14 bits per heavy atom. The minimum absolute atomic E-state index is 0.682. The van der Waals surface area contributed by atoms with Gasteiger partial charge in [0.05, 0.1) is 5.52 Å². The van der Waals surface area contributed by atoms with Gasteiger partial charge in [0, 0.05) is 18.0 Å². The van der Waals surface area contributed by atoms with Gasteiger partial charge in [-0.15, -0.1) is 0 Å². The number of hydrogen-bond donors (Lipinski definition) is 1. The van der Waals surface area contributed by atoms with Gasteiger partial charge in [-0.1, -0.05) is 24.3 Å². The molecular formula is C11H11N3. The SMILES string of the molecule is NC=CCc1ncc2ccccc2n1. The van der Waals surface area contributed by atoms with E-state index in [2.05, 4.69) is 9.97 Å². The number of nitrogens with two attached hydrogens (primary N) is 1. The molecule has 1 aromatic carbocycles. The Morgan fingerprint density at radius 1 is 1.29 bits per heavy atom. The Morgan fingerprint density at radius 3 is 3.00 bits per heavy atom. The van der Waals surface area contributed by atoms with Crippen LogP contribution >= 0.6 is 0 Å². The van der Waals surface area contributed by atoms with Crippen molar-refractivity contribution in [2.75, 3.05) is 0 Å². The number of rotatable bonds is 2. The lowest BCUT2D eigenvalue weighted by Crippen LogP contribution is -1.93. The van der Waals surface area contributed by atoms with E-state index in [-0.39, 0.29) is 0 Å². The summed E-state index contributed by atoms with van der Waals surface area (Å²) >= 11 is 0. The van der Waals surface area contributed by atoms with Crippen LogP contribution in [-0.4, -0.2) is 9.97 Å². The number of allylic oxidation sites excluding steroid dienone is 1. The first-order chi connectivity index (χ1) is 6.90. The Balaban J connectivity index is 2.41. The lowest BCUT2D eigenvalue weighted by Gasteiger charge is -1.98. The third-order valence-electron chi connectivity index (χ3n) is 1.98. The zero-order valence-corrected chi connectivity index (χ0v) is 7.72. The average Bonchev–Trinajstić information content (AvgIpc) is 2.26.